The molecule has 1 heterocycles. The molecule has 0 radical (unpaired) electrons. The van der Waals surface area contributed by atoms with E-state index in [-0.39, 0.29) is 35.8 Å². The van der Waals surface area contributed by atoms with Crippen LogP contribution in [0.2, 0.25) is 0 Å². The summed E-state index contributed by atoms with van der Waals surface area (Å²) < 4.78 is 27.4. The topological polar surface area (TPSA) is 80.5 Å². The van der Waals surface area contributed by atoms with Crippen molar-refractivity contribution < 1.29 is 23.3 Å². The molecule has 2 aromatic carbocycles. The van der Waals surface area contributed by atoms with Gasteiger partial charge in [-0.3, -0.25) is 19.7 Å². The number of ketones is 1. The van der Waals surface area contributed by atoms with Gasteiger partial charge in [0.05, 0.1) is 15.4 Å². The van der Waals surface area contributed by atoms with Crippen molar-refractivity contribution in [2.24, 2.45) is 11.8 Å². The Balaban J connectivity index is 1.66. The molecule has 1 amide bonds. The minimum atomic E-state index is -0.765. The van der Waals surface area contributed by atoms with Crippen molar-refractivity contribution in [1.29, 1.82) is 0 Å². The molecule has 0 saturated carbocycles. The van der Waals surface area contributed by atoms with Gasteiger partial charge in [-0.2, -0.15) is 0 Å². The van der Waals surface area contributed by atoms with Crippen LogP contribution in [-0.4, -0.2) is 40.4 Å². The Morgan fingerprint density at radius 3 is 2.48 bits per heavy atom. The lowest BCUT2D eigenvalue weighted by atomic mass is 9.88. The summed E-state index contributed by atoms with van der Waals surface area (Å²) in [6, 6.07) is 7.29. The van der Waals surface area contributed by atoms with Crippen LogP contribution in [0.25, 0.3) is 0 Å². The number of Topliss-reactive ketones (excluding diaryl/α,β-unsaturated/α-hetero) is 1. The Labute approximate surface area is 195 Å². The number of nitro groups is 1. The number of rotatable bonds is 8. The van der Waals surface area contributed by atoms with Crippen LogP contribution in [0.5, 0.6) is 0 Å². The molecule has 0 bridgehead atoms. The molecule has 1 aliphatic heterocycles. The summed E-state index contributed by atoms with van der Waals surface area (Å²) in [5, 5.41) is 11.5. The molecular weight excluding hydrogens is 450 g/mol. The van der Waals surface area contributed by atoms with Crippen LogP contribution in [0.3, 0.4) is 0 Å². The van der Waals surface area contributed by atoms with Crippen molar-refractivity contribution >= 4 is 29.1 Å². The molecule has 1 aliphatic rings. The van der Waals surface area contributed by atoms with Gasteiger partial charge in [-0.1, -0.05) is 13.8 Å². The maximum atomic E-state index is 13.9. The average molecular weight is 477 g/mol. The van der Waals surface area contributed by atoms with E-state index in [1.807, 2.05) is 0 Å². The predicted octanol–water partition coefficient (Wildman–Crippen LogP) is 5.75. The summed E-state index contributed by atoms with van der Waals surface area (Å²) in [5.41, 5.74) is -0.155. The Hall–Kier alpha value is -2.81. The molecule has 0 atom stereocenters. The number of carbonyl (C=O) groups is 2. The lowest BCUT2D eigenvalue weighted by molar-refractivity contribution is -0.387. The molecule has 1 fully saturated rings. The summed E-state index contributed by atoms with van der Waals surface area (Å²) in [5.74, 6) is -1.54. The van der Waals surface area contributed by atoms with Gasteiger partial charge < -0.3 is 4.90 Å². The third-order valence-electron chi connectivity index (χ3n) is 5.70. The Bertz CT molecular complexity index is 1050. The molecule has 0 spiro atoms. The number of halogens is 2. The molecular formula is C24H26F2N2O4S. The highest BCUT2D eigenvalue weighted by atomic mass is 32.2. The predicted molar refractivity (Wildman–Crippen MR) is 123 cm³/mol. The Morgan fingerprint density at radius 2 is 1.85 bits per heavy atom. The molecule has 0 aliphatic carbocycles. The van der Waals surface area contributed by atoms with Crippen molar-refractivity contribution in [1.82, 2.24) is 4.90 Å². The second kappa shape index (κ2) is 10.9. The van der Waals surface area contributed by atoms with E-state index in [9.17, 15) is 28.5 Å². The standard InChI is InChI=1S/C24H26F2N2O4S/c1-15(2)9-12-33-22-6-3-17(13-21(22)28(31)32)24(30)27-10-7-16(8-11-27)23(29)19-14-18(25)4-5-20(19)26/h3-6,13-16H,7-12H2,1-2H3. The first-order valence-corrected chi connectivity index (χ1v) is 11.9. The molecule has 0 N–H and O–H groups in total. The minimum Gasteiger partial charge on any atom is -0.339 e. The SMILES string of the molecule is CC(C)CCSc1ccc(C(=O)N2CCC(C(=O)c3cc(F)ccc3F)CC2)cc1[N+](=O)[O-]. The smallest absolute Gasteiger partial charge is 0.283 e. The van der Waals surface area contributed by atoms with Crippen LogP contribution in [0, 0.1) is 33.6 Å². The van der Waals surface area contributed by atoms with Gasteiger partial charge in [0.25, 0.3) is 11.6 Å². The zero-order valence-corrected chi connectivity index (χ0v) is 19.4. The van der Waals surface area contributed by atoms with E-state index < -0.39 is 28.3 Å². The number of nitrogens with zero attached hydrogens (tertiary/aromatic N) is 2. The lowest BCUT2D eigenvalue weighted by Gasteiger charge is -2.31. The van der Waals surface area contributed by atoms with Crippen LogP contribution in [0.4, 0.5) is 14.5 Å². The quantitative estimate of drug-likeness (QED) is 0.210. The summed E-state index contributed by atoms with van der Waals surface area (Å²) in [6.45, 7) is 4.68. The summed E-state index contributed by atoms with van der Waals surface area (Å²) in [7, 11) is 0. The largest absolute Gasteiger partial charge is 0.339 e. The van der Waals surface area contributed by atoms with Gasteiger partial charge in [-0.15, -0.1) is 11.8 Å². The highest BCUT2D eigenvalue weighted by Gasteiger charge is 2.30. The van der Waals surface area contributed by atoms with Gasteiger partial charge in [-0.25, -0.2) is 8.78 Å². The monoisotopic (exact) mass is 476 g/mol. The van der Waals surface area contributed by atoms with Crippen LogP contribution < -0.4 is 0 Å². The van der Waals surface area contributed by atoms with Crippen molar-refractivity contribution in [3.8, 4) is 0 Å². The number of hydrogen-bond acceptors (Lipinski definition) is 5. The molecule has 1 saturated heterocycles. The highest BCUT2D eigenvalue weighted by Crippen LogP contribution is 2.32. The zero-order valence-electron chi connectivity index (χ0n) is 18.6. The zero-order chi connectivity index (χ0) is 24.1. The van der Waals surface area contributed by atoms with Gasteiger partial charge in [-0.05, 0) is 61.3 Å². The number of piperidine rings is 1. The van der Waals surface area contributed by atoms with Gasteiger partial charge in [0.15, 0.2) is 5.78 Å². The molecule has 0 unspecified atom stereocenters. The van der Waals surface area contributed by atoms with Gasteiger partial charge in [0.2, 0.25) is 0 Å². The van der Waals surface area contributed by atoms with E-state index in [1.54, 1.807) is 12.1 Å². The fraction of sp³-hybridized carbons (Fsp3) is 0.417. The average Bonchev–Trinajstić information content (AvgIpc) is 2.79. The van der Waals surface area contributed by atoms with Crippen molar-refractivity contribution in [3.63, 3.8) is 0 Å². The van der Waals surface area contributed by atoms with E-state index in [0.717, 1.165) is 30.4 Å². The van der Waals surface area contributed by atoms with Crippen LogP contribution in [0.1, 0.15) is 53.8 Å². The van der Waals surface area contributed by atoms with Crippen LogP contribution in [0.15, 0.2) is 41.3 Å². The van der Waals surface area contributed by atoms with Gasteiger partial charge in [0, 0.05) is 30.6 Å². The summed E-state index contributed by atoms with van der Waals surface area (Å²) >= 11 is 1.40. The highest BCUT2D eigenvalue weighted by molar-refractivity contribution is 7.99. The van der Waals surface area contributed by atoms with Crippen LogP contribution in [-0.2, 0) is 0 Å². The lowest BCUT2D eigenvalue weighted by Crippen LogP contribution is -2.40. The number of benzene rings is 2. The third-order valence-corrected chi connectivity index (χ3v) is 6.80. The number of nitro benzene ring substituents is 1. The van der Waals surface area contributed by atoms with Crippen molar-refractivity contribution in [2.45, 2.75) is 38.0 Å². The fourth-order valence-corrected chi connectivity index (χ4v) is 5.01. The first-order valence-electron chi connectivity index (χ1n) is 10.9. The van der Waals surface area contributed by atoms with Crippen molar-refractivity contribution in [3.05, 3.63) is 69.3 Å². The molecule has 33 heavy (non-hydrogen) atoms. The third kappa shape index (κ3) is 6.16. The maximum Gasteiger partial charge on any atom is 0.283 e. The van der Waals surface area contributed by atoms with Gasteiger partial charge in [0.1, 0.15) is 11.6 Å². The maximum absolute atomic E-state index is 13.9. The molecule has 6 nitrogen and oxygen atoms in total. The molecule has 0 aromatic heterocycles. The van der Waals surface area contributed by atoms with E-state index in [4.69, 9.17) is 0 Å². The Morgan fingerprint density at radius 1 is 1.15 bits per heavy atom. The van der Waals surface area contributed by atoms with Crippen molar-refractivity contribution in [2.75, 3.05) is 18.8 Å². The normalized spacial score (nSPS) is 14.5. The second-order valence-electron chi connectivity index (χ2n) is 8.53. The van der Waals surface area contributed by atoms with Crippen LogP contribution >= 0.6 is 11.8 Å². The summed E-state index contributed by atoms with van der Waals surface area (Å²) in [4.78, 5) is 38.7. The molecule has 9 heteroatoms. The van der Waals surface area contributed by atoms with E-state index >= 15 is 0 Å². The fourth-order valence-electron chi connectivity index (χ4n) is 3.75. The van der Waals surface area contributed by atoms with E-state index in [0.29, 0.717) is 23.7 Å². The van der Waals surface area contributed by atoms with E-state index in [1.165, 1.54) is 22.7 Å². The number of amides is 1. The second-order valence-corrected chi connectivity index (χ2v) is 9.66. The first-order chi connectivity index (χ1) is 15.7. The molecule has 2 aromatic rings. The molecule has 176 valence electrons. The van der Waals surface area contributed by atoms with E-state index in [2.05, 4.69) is 13.8 Å². The molecule has 3 rings (SSSR count). The number of hydrogen-bond donors (Lipinski definition) is 0. The number of likely N-dealkylation sites (tertiary alicyclic amines) is 1. The Kier molecular flexibility index (Phi) is 8.18. The summed E-state index contributed by atoms with van der Waals surface area (Å²) in [6.07, 6.45) is 1.55. The number of carbonyl (C=O) groups excluding carboxylic acids is 2. The van der Waals surface area contributed by atoms with Gasteiger partial charge >= 0.3 is 0 Å². The number of thioether (sulfide) groups is 1. The first kappa shape index (κ1) is 24.8. The minimum absolute atomic E-state index is 0.0961.